The summed E-state index contributed by atoms with van der Waals surface area (Å²) in [4.78, 5) is 11.4. The molecule has 0 aromatic rings. The molecule has 1 rings (SSSR count). The molecule has 5 nitrogen and oxygen atoms in total. The second kappa shape index (κ2) is 8.04. The second-order valence-electron chi connectivity index (χ2n) is 4.40. The summed E-state index contributed by atoms with van der Waals surface area (Å²) < 4.78 is 5.62. The van der Waals surface area contributed by atoms with Gasteiger partial charge in [-0.1, -0.05) is 0 Å². The van der Waals surface area contributed by atoms with Crippen LogP contribution in [0.1, 0.15) is 26.2 Å². The van der Waals surface area contributed by atoms with Gasteiger partial charge < -0.3 is 15.4 Å². The molecule has 5 heteroatoms. The minimum atomic E-state index is -0.135. The van der Waals surface area contributed by atoms with Gasteiger partial charge in [-0.25, -0.2) is 0 Å². The lowest BCUT2D eigenvalue weighted by Gasteiger charge is -2.22. The van der Waals surface area contributed by atoms with Gasteiger partial charge in [0.1, 0.15) is 0 Å². The van der Waals surface area contributed by atoms with Crippen LogP contribution >= 0.6 is 0 Å². The Kier molecular flexibility index (Phi) is 6.60. The molecule has 1 fully saturated rings. The average molecular weight is 239 g/mol. The normalized spacial score (nSPS) is 18.4. The fourth-order valence-corrected chi connectivity index (χ4v) is 1.68. The molecule has 0 aromatic carbocycles. The molecular weight excluding hydrogens is 218 g/mol. The van der Waals surface area contributed by atoms with E-state index in [4.69, 9.17) is 10.00 Å². The molecule has 1 heterocycles. The van der Waals surface area contributed by atoms with Gasteiger partial charge in [-0.15, -0.1) is 0 Å². The highest BCUT2D eigenvalue weighted by Crippen LogP contribution is 2.07. The lowest BCUT2D eigenvalue weighted by molar-refractivity contribution is -0.122. The van der Waals surface area contributed by atoms with Gasteiger partial charge in [0.25, 0.3) is 0 Å². The van der Waals surface area contributed by atoms with E-state index in [9.17, 15) is 4.79 Å². The fourth-order valence-electron chi connectivity index (χ4n) is 1.68. The first-order valence-electron chi connectivity index (χ1n) is 6.21. The Morgan fingerprint density at radius 1 is 1.59 bits per heavy atom. The zero-order chi connectivity index (χ0) is 12.5. The van der Waals surface area contributed by atoms with Gasteiger partial charge >= 0.3 is 0 Å². The third-order valence-corrected chi connectivity index (χ3v) is 2.79. The van der Waals surface area contributed by atoms with Crippen LogP contribution in [-0.2, 0) is 9.53 Å². The Bertz CT molecular complexity index is 269. The van der Waals surface area contributed by atoms with Crippen molar-refractivity contribution in [1.82, 2.24) is 10.6 Å². The molecule has 0 aromatic heterocycles. The SMILES string of the molecule is CC(C#N)CNC(=O)CCOC1CCNCC1. The molecule has 1 amide bonds. The largest absolute Gasteiger partial charge is 0.378 e. The van der Waals surface area contributed by atoms with Gasteiger partial charge in [0.05, 0.1) is 24.7 Å². The van der Waals surface area contributed by atoms with Crippen LogP contribution in [0.15, 0.2) is 0 Å². The summed E-state index contributed by atoms with van der Waals surface area (Å²) in [6.45, 7) is 4.67. The number of nitrogens with zero attached hydrogens (tertiary/aromatic N) is 1. The molecule has 0 aliphatic carbocycles. The summed E-state index contributed by atoms with van der Waals surface area (Å²) in [6.07, 6.45) is 2.71. The fraction of sp³-hybridized carbons (Fsp3) is 0.833. The predicted molar refractivity (Wildman–Crippen MR) is 64.2 cm³/mol. The number of ether oxygens (including phenoxy) is 1. The van der Waals surface area contributed by atoms with Crippen LogP contribution < -0.4 is 10.6 Å². The Hall–Kier alpha value is -1.12. The summed E-state index contributed by atoms with van der Waals surface area (Å²) >= 11 is 0. The molecule has 2 N–H and O–H groups in total. The van der Waals surface area contributed by atoms with Gasteiger partial charge in [-0.3, -0.25) is 4.79 Å². The van der Waals surface area contributed by atoms with E-state index in [1.165, 1.54) is 0 Å². The van der Waals surface area contributed by atoms with Crippen LogP contribution in [0.4, 0.5) is 0 Å². The number of carbonyl (C=O) groups is 1. The quantitative estimate of drug-likeness (QED) is 0.704. The number of nitrogens with one attached hydrogen (secondary N) is 2. The van der Waals surface area contributed by atoms with E-state index in [0.29, 0.717) is 25.7 Å². The molecule has 0 saturated carbocycles. The van der Waals surface area contributed by atoms with E-state index in [1.54, 1.807) is 6.92 Å². The van der Waals surface area contributed by atoms with Gasteiger partial charge in [0.2, 0.25) is 5.91 Å². The van der Waals surface area contributed by atoms with Gasteiger partial charge in [-0.2, -0.15) is 5.26 Å². The van der Waals surface area contributed by atoms with E-state index < -0.39 is 0 Å². The molecule has 0 radical (unpaired) electrons. The van der Waals surface area contributed by atoms with Crippen molar-refractivity contribution in [2.45, 2.75) is 32.3 Å². The second-order valence-corrected chi connectivity index (χ2v) is 4.40. The van der Waals surface area contributed by atoms with Crippen molar-refractivity contribution in [3.63, 3.8) is 0 Å². The molecular formula is C12H21N3O2. The van der Waals surface area contributed by atoms with Crippen LogP contribution in [0.3, 0.4) is 0 Å². The van der Waals surface area contributed by atoms with E-state index in [-0.39, 0.29) is 11.8 Å². The summed E-state index contributed by atoms with van der Waals surface area (Å²) in [5, 5.41) is 14.5. The summed E-state index contributed by atoms with van der Waals surface area (Å²) in [5.74, 6) is -0.176. The molecule has 1 unspecified atom stereocenters. The highest BCUT2D eigenvalue weighted by atomic mass is 16.5. The summed E-state index contributed by atoms with van der Waals surface area (Å²) in [5.41, 5.74) is 0. The van der Waals surface area contributed by atoms with Crippen LogP contribution in [0.5, 0.6) is 0 Å². The molecule has 0 spiro atoms. The number of hydrogen-bond donors (Lipinski definition) is 2. The van der Waals surface area contributed by atoms with E-state index in [0.717, 1.165) is 25.9 Å². The zero-order valence-corrected chi connectivity index (χ0v) is 10.4. The van der Waals surface area contributed by atoms with E-state index in [1.807, 2.05) is 0 Å². The standard InChI is InChI=1S/C12H21N3O2/c1-10(8-13)9-15-12(16)4-7-17-11-2-5-14-6-3-11/h10-11,14H,2-7,9H2,1H3,(H,15,16). The molecule has 1 saturated heterocycles. The minimum Gasteiger partial charge on any atom is -0.378 e. The van der Waals surface area contributed by atoms with Gasteiger partial charge in [-0.05, 0) is 32.9 Å². The highest BCUT2D eigenvalue weighted by Gasteiger charge is 2.13. The van der Waals surface area contributed by atoms with Crippen molar-refractivity contribution >= 4 is 5.91 Å². The average Bonchev–Trinajstić information content (AvgIpc) is 2.37. The van der Waals surface area contributed by atoms with Crippen LogP contribution in [0.25, 0.3) is 0 Å². The lowest BCUT2D eigenvalue weighted by Crippen LogP contribution is -2.33. The molecule has 1 aliphatic heterocycles. The molecule has 1 aliphatic rings. The smallest absolute Gasteiger partial charge is 0.222 e. The molecule has 17 heavy (non-hydrogen) atoms. The van der Waals surface area contributed by atoms with Crippen molar-refractivity contribution in [3.8, 4) is 6.07 Å². The Morgan fingerprint density at radius 2 is 2.29 bits per heavy atom. The first kappa shape index (κ1) is 13.9. The van der Waals surface area contributed by atoms with E-state index in [2.05, 4.69) is 16.7 Å². The monoisotopic (exact) mass is 239 g/mol. The maximum atomic E-state index is 11.4. The predicted octanol–water partition coefficient (Wildman–Crippen LogP) is 0.421. The molecule has 1 atom stereocenters. The number of rotatable bonds is 6. The van der Waals surface area contributed by atoms with Crippen molar-refractivity contribution in [1.29, 1.82) is 5.26 Å². The van der Waals surface area contributed by atoms with Gasteiger partial charge in [0, 0.05) is 13.0 Å². The lowest BCUT2D eigenvalue weighted by atomic mass is 10.1. The summed E-state index contributed by atoms with van der Waals surface area (Å²) in [6, 6.07) is 2.08. The summed E-state index contributed by atoms with van der Waals surface area (Å²) in [7, 11) is 0. The number of amides is 1. The van der Waals surface area contributed by atoms with Crippen molar-refractivity contribution in [2.75, 3.05) is 26.2 Å². The number of piperidine rings is 1. The third-order valence-electron chi connectivity index (χ3n) is 2.79. The number of carbonyl (C=O) groups excluding carboxylic acids is 1. The zero-order valence-electron chi connectivity index (χ0n) is 10.4. The topological polar surface area (TPSA) is 74.2 Å². The first-order chi connectivity index (χ1) is 8.22. The maximum Gasteiger partial charge on any atom is 0.222 e. The highest BCUT2D eigenvalue weighted by molar-refractivity contribution is 5.75. The van der Waals surface area contributed by atoms with Crippen LogP contribution in [0, 0.1) is 17.2 Å². The molecule has 0 bridgehead atoms. The Balaban J connectivity index is 2.01. The number of nitriles is 1. The molecule has 96 valence electrons. The first-order valence-corrected chi connectivity index (χ1v) is 6.21. The maximum absolute atomic E-state index is 11.4. The Morgan fingerprint density at radius 3 is 2.94 bits per heavy atom. The van der Waals surface area contributed by atoms with Crippen molar-refractivity contribution in [3.05, 3.63) is 0 Å². The van der Waals surface area contributed by atoms with Crippen LogP contribution in [0.2, 0.25) is 0 Å². The minimum absolute atomic E-state index is 0.0407. The van der Waals surface area contributed by atoms with Crippen LogP contribution in [-0.4, -0.2) is 38.3 Å². The van der Waals surface area contributed by atoms with Crippen molar-refractivity contribution < 1.29 is 9.53 Å². The Labute approximate surface area is 103 Å². The van der Waals surface area contributed by atoms with Crippen molar-refractivity contribution in [2.24, 2.45) is 5.92 Å². The number of hydrogen-bond acceptors (Lipinski definition) is 4. The third kappa shape index (κ3) is 6.25. The van der Waals surface area contributed by atoms with E-state index >= 15 is 0 Å². The van der Waals surface area contributed by atoms with Gasteiger partial charge in [0.15, 0.2) is 0 Å².